The molecule has 0 heterocycles. The van der Waals surface area contributed by atoms with Gasteiger partial charge in [-0.3, -0.25) is 0 Å². The minimum Gasteiger partial charge on any atom is -0.463 e. The molecule has 0 aromatic rings. The summed E-state index contributed by atoms with van der Waals surface area (Å²) < 4.78 is 6.47. The van der Waals surface area contributed by atoms with Gasteiger partial charge in [-0.15, -0.1) is 0 Å². The molecule has 102 valence electrons. The van der Waals surface area contributed by atoms with E-state index < -0.39 is 8.32 Å². The van der Waals surface area contributed by atoms with Crippen LogP contribution in [0.2, 0.25) is 16.1 Å². The Morgan fingerprint density at radius 2 is 1.53 bits per heavy atom. The van der Waals surface area contributed by atoms with Crippen LogP contribution in [0.4, 0.5) is 0 Å². The zero-order chi connectivity index (χ0) is 13.1. The van der Waals surface area contributed by atoms with Gasteiger partial charge in [0.05, 0.1) is 0 Å². The summed E-state index contributed by atoms with van der Waals surface area (Å²) in [5, 5.41) is 0.579. The predicted octanol–water partition coefficient (Wildman–Crippen LogP) is 4.16. The average molecular weight is 273 g/mol. The van der Waals surface area contributed by atoms with E-state index in [9.17, 15) is 0 Å². The van der Waals surface area contributed by atoms with Crippen molar-refractivity contribution in [3.8, 4) is 0 Å². The van der Waals surface area contributed by atoms with Gasteiger partial charge >= 0.3 is 0 Å². The van der Waals surface area contributed by atoms with Gasteiger partial charge in [0, 0.05) is 0 Å². The van der Waals surface area contributed by atoms with Crippen molar-refractivity contribution in [1.82, 2.24) is 0 Å². The van der Waals surface area contributed by atoms with Crippen LogP contribution < -0.4 is 0 Å². The van der Waals surface area contributed by atoms with Crippen molar-refractivity contribution >= 4 is 18.8 Å². The van der Waals surface area contributed by atoms with Crippen LogP contribution in [0.25, 0.3) is 0 Å². The lowest BCUT2D eigenvalue weighted by molar-refractivity contribution is 0.305. The molecule has 0 unspecified atom stereocenters. The maximum atomic E-state index is 6.47. The predicted molar refractivity (Wildman–Crippen MR) is 83.0 cm³/mol. The molecule has 17 heavy (non-hydrogen) atoms. The highest BCUT2D eigenvalue weighted by molar-refractivity contribution is 6.81. The Kier molecular flexibility index (Phi) is 5.48. The fraction of sp³-hybridized carbons (Fsp3) is 1.00. The molecule has 0 saturated heterocycles. The van der Waals surface area contributed by atoms with Crippen LogP contribution in [-0.2, 0) is 4.12 Å². The number of hydrogen-bond acceptors (Lipinski definition) is 1. The molecule has 1 aliphatic carbocycles. The summed E-state index contributed by atoms with van der Waals surface area (Å²) in [7, 11) is -0.687. The number of hydrogen-bond donors (Lipinski definition) is 0. The monoisotopic (exact) mass is 272 g/mol. The van der Waals surface area contributed by atoms with E-state index in [0.29, 0.717) is 5.04 Å². The minimum absolute atomic E-state index is 0.579. The molecule has 1 saturated carbocycles. The molecule has 0 aromatic carbocycles. The Hall–Kier alpha value is 0.394. The zero-order valence-corrected chi connectivity index (χ0v) is 15.8. The van der Waals surface area contributed by atoms with Crippen molar-refractivity contribution in [3.05, 3.63) is 0 Å². The fourth-order valence-corrected chi connectivity index (χ4v) is 15.8. The molecule has 1 rings (SSSR count). The third-order valence-corrected chi connectivity index (χ3v) is 14.0. The summed E-state index contributed by atoms with van der Waals surface area (Å²) in [5.41, 5.74) is 1.52. The van der Waals surface area contributed by atoms with Crippen LogP contribution in [0.3, 0.4) is 0 Å². The van der Waals surface area contributed by atoms with Crippen LogP contribution in [0.1, 0.15) is 73.1 Å². The quantitative estimate of drug-likeness (QED) is 0.683. The molecule has 0 radical (unpaired) electrons. The average Bonchev–Trinajstić information content (AvgIpc) is 2.30. The summed E-state index contributed by atoms with van der Waals surface area (Å²) in [5.74, 6) is 0. The highest BCUT2D eigenvalue weighted by atomic mass is 28.4. The van der Waals surface area contributed by atoms with Gasteiger partial charge in [-0.2, -0.15) is 0 Å². The third-order valence-electron chi connectivity index (χ3n) is 5.37. The fourth-order valence-electron chi connectivity index (χ4n) is 4.83. The van der Waals surface area contributed by atoms with E-state index in [4.69, 9.17) is 4.12 Å². The molecule has 3 heteroatoms. The van der Waals surface area contributed by atoms with Gasteiger partial charge < -0.3 is 4.12 Å². The van der Waals surface area contributed by atoms with E-state index in [1.807, 2.05) is 0 Å². The molecule has 1 nitrogen and oxygen atoms in total. The van der Waals surface area contributed by atoms with Crippen LogP contribution >= 0.6 is 0 Å². The topological polar surface area (TPSA) is 9.23 Å². The molecule has 0 atom stereocenters. The highest BCUT2D eigenvalue weighted by Gasteiger charge is 2.56. The van der Waals surface area contributed by atoms with Crippen LogP contribution in [0, 0.1) is 0 Å². The van der Waals surface area contributed by atoms with E-state index in [0.717, 1.165) is 21.6 Å². The largest absolute Gasteiger partial charge is 0.463 e. The molecule has 0 amide bonds. The van der Waals surface area contributed by atoms with Gasteiger partial charge in [0.2, 0.25) is 0 Å². The van der Waals surface area contributed by atoms with E-state index in [2.05, 4.69) is 34.6 Å². The van der Waals surface area contributed by atoms with Gasteiger partial charge in [0.1, 0.15) is 10.5 Å². The SMILES string of the molecule is CCC1([Si](O[SiH3])(C(C)C)C(C)C)CCCCC1. The molecule has 0 aromatic heterocycles. The maximum absolute atomic E-state index is 6.47. The van der Waals surface area contributed by atoms with Crippen molar-refractivity contribution in [2.45, 2.75) is 89.3 Å². The van der Waals surface area contributed by atoms with Gasteiger partial charge in [-0.05, 0) is 29.0 Å². The van der Waals surface area contributed by atoms with E-state index >= 15 is 0 Å². The molecule has 0 N–H and O–H groups in total. The van der Waals surface area contributed by atoms with Gasteiger partial charge in [-0.1, -0.05) is 60.3 Å². The maximum Gasteiger partial charge on any atom is 0.190 e. The van der Waals surface area contributed by atoms with Crippen molar-refractivity contribution in [2.24, 2.45) is 0 Å². The molecule has 0 spiro atoms. The first-order valence-electron chi connectivity index (χ1n) is 7.52. The standard InChI is InChI=1S/C14H32OSi2/c1-6-14(10-8-7-9-11-14)17(15-16,12(2)3)13(4)5/h12-13H,6-11H2,1-5,16H3. The second-order valence-corrected chi connectivity index (χ2v) is 13.1. The first kappa shape index (κ1) is 15.5. The third kappa shape index (κ3) is 2.43. The van der Waals surface area contributed by atoms with Gasteiger partial charge in [0.15, 0.2) is 8.32 Å². The first-order valence-corrected chi connectivity index (χ1v) is 10.4. The molecule has 1 fully saturated rings. The van der Waals surface area contributed by atoms with Crippen LogP contribution in [0.5, 0.6) is 0 Å². The summed E-state index contributed by atoms with van der Waals surface area (Å²) in [4.78, 5) is 0. The normalized spacial score (nSPS) is 21.4. The summed E-state index contributed by atoms with van der Waals surface area (Å²) in [6.45, 7) is 12.1. The Labute approximate surface area is 112 Å². The smallest absolute Gasteiger partial charge is 0.190 e. The number of rotatable bonds is 5. The Morgan fingerprint density at radius 1 is 1.06 bits per heavy atom. The first-order chi connectivity index (χ1) is 7.97. The van der Waals surface area contributed by atoms with Crippen molar-refractivity contribution in [1.29, 1.82) is 0 Å². The van der Waals surface area contributed by atoms with Crippen molar-refractivity contribution in [3.63, 3.8) is 0 Å². The molecule has 0 aliphatic heterocycles. The van der Waals surface area contributed by atoms with Crippen molar-refractivity contribution < 1.29 is 4.12 Å². The van der Waals surface area contributed by atoms with E-state index in [1.165, 1.54) is 38.5 Å². The summed E-state index contributed by atoms with van der Waals surface area (Å²) in [6, 6.07) is 0. The second kappa shape index (κ2) is 6.02. The zero-order valence-electron chi connectivity index (χ0n) is 12.8. The molecule has 0 bridgehead atoms. The van der Waals surface area contributed by atoms with Crippen LogP contribution in [-0.4, -0.2) is 18.8 Å². The molecular weight excluding hydrogens is 240 g/mol. The van der Waals surface area contributed by atoms with Crippen molar-refractivity contribution in [2.75, 3.05) is 0 Å². The second-order valence-electron chi connectivity index (χ2n) is 6.50. The van der Waals surface area contributed by atoms with Gasteiger partial charge in [0.25, 0.3) is 0 Å². The highest BCUT2D eigenvalue weighted by Crippen LogP contribution is 2.60. The Balaban J connectivity index is 3.17. The van der Waals surface area contributed by atoms with E-state index in [1.54, 1.807) is 0 Å². The lowest BCUT2D eigenvalue weighted by atomic mass is 9.86. The lowest BCUT2D eigenvalue weighted by Gasteiger charge is -2.55. The Morgan fingerprint density at radius 3 is 1.82 bits per heavy atom. The summed E-state index contributed by atoms with van der Waals surface area (Å²) >= 11 is 0. The lowest BCUT2D eigenvalue weighted by Crippen LogP contribution is -2.56. The molecular formula is C14H32OSi2. The molecule has 1 aliphatic rings. The Bertz CT molecular complexity index is 224. The summed E-state index contributed by atoms with van der Waals surface area (Å²) in [6.07, 6.45) is 8.55. The minimum atomic E-state index is -1.61. The van der Waals surface area contributed by atoms with Crippen LogP contribution in [0.15, 0.2) is 0 Å². The van der Waals surface area contributed by atoms with Gasteiger partial charge in [-0.25, -0.2) is 0 Å². The van der Waals surface area contributed by atoms with E-state index in [-0.39, 0.29) is 0 Å².